The quantitative estimate of drug-likeness (QED) is 0.883. The van der Waals surface area contributed by atoms with E-state index >= 15 is 0 Å². The molecule has 25 heavy (non-hydrogen) atoms. The van der Waals surface area contributed by atoms with Gasteiger partial charge in [-0.05, 0) is 24.1 Å². The zero-order chi connectivity index (χ0) is 18.1. The molecular weight excluding hydrogens is 359 g/mol. The molecule has 0 aliphatic carbocycles. The van der Waals surface area contributed by atoms with Gasteiger partial charge in [-0.3, -0.25) is 9.69 Å². The summed E-state index contributed by atoms with van der Waals surface area (Å²) in [5.74, 6) is 0.148. The fourth-order valence-corrected chi connectivity index (χ4v) is 3.75. The van der Waals surface area contributed by atoms with E-state index in [2.05, 4.69) is 16.0 Å². The lowest BCUT2D eigenvalue weighted by Crippen LogP contribution is -2.52. The minimum atomic E-state index is -0.116. The summed E-state index contributed by atoms with van der Waals surface area (Å²) in [5, 5.41) is 11.1. The Morgan fingerprint density at radius 3 is 2.52 bits per heavy atom. The molecule has 2 aromatic rings. The molecule has 2 heterocycles. The van der Waals surface area contributed by atoms with E-state index in [1.165, 1.54) is 0 Å². The Balaban J connectivity index is 1.75. The van der Waals surface area contributed by atoms with Gasteiger partial charge < -0.3 is 9.88 Å². The van der Waals surface area contributed by atoms with E-state index in [4.69, 9.17) is 23.2 Å². The van der Waals surface area contributed by atoms with Crippen LogP contribution in [0.15, 0.2) is 18.2 Å². The zero-order valence-corrected chi connectivity index (χ0v) is 15.7. The van der Waals surface area contributed by atoms with E-state index in [1.807, 2.05) is 19.9 Å². The number of halogens is 2. The summed E-state index contributed by atoms with van der Waals surface area (Å²) in [7, 11) is 0. The summed E-state index contributed by atoms with van der Waals surface area (Å²) in [5.41, 5.74) is 1.19. The van der Waals surface area contributed by atoms with Crippen LogP contribution in [0.4, 0.5) is 0 Å². The predicted molar refractivity (Wildman–Crippen MR) is 100 cm³/mol. The number of hydrogen-bond donors (Lipinski definition) is 1. The first-order valence-electron chi connectivity index (χ1n) is 8.32. The number of benzene rings is 1. The van der Waals surface area contributed by atoms with Crippen LogP contribution in [0.1, 0.15) is 24.3 Å². The molecule has 7 heteroatoms. The molecule has 1 aromatic carbocycles. The van der Waals surface area contributed by atoms with Crippen LogP contribution in [0, 0.1) is 17.2 Å². The van der Waals surface area contributed by atoms with Crippen molar-refractivity contribution >= 4 is 40.0 Å². The van der Waals surface area contributed by atoms with E-state index in [1.54, 1.807) is 17.0 Å². The number of nitrogens with zero attached hydrogens (tertiary/aromatic N) is 3. The topological polar surface area (TPSA) is 63.1 Å². The zero-order valence-electron chi connectivity index (χ0n) is 14.2. The standard InChI is InChI=1S/C18H20Cl2N4O/c1-11(2)15(10-21)23-5-7-24(8-6-23)18(25)17-16(20)13-9-12(19)3-4-14(13)22-17/h3-4,9,11,15,22H,5-8H2,1-2H3. The Bertz CT molecular complexity index is 831. The minimum absolute atomic E-state index is 0.115. The maximum atomic E-state index is 12.8. The molecular formula is C18H20Cl2N4O. The molecule has 0 saturated carbocycles. The molecule has 1 aliphatic rings. The first-order chi connectivity index (χ1) is 11.9. The van der Waals surface area contributed by atoms with Crippen LogP contribution in [0.25, 0.3) is 10.9 Å². The fourth-order valence-electron chi connectivity index (χ4n) is 3.29. The van der Waals surface area contributed by atoms with Crippen LogP contribution in [0.3, 0.4) is 0 Å². The van der Waals surface area contributed by atoms with E-state index < -0.39 is 0 Å². The van der Waals surface area contributed by atoms with Crippen LogP contribution < -0.4 is 0 Å². The van der Waals surface area contributed by atoms with Crippen molar-refractivity contribution in [3.63, 3.8) is 0 Å². The molecule has 1 fully saturated rings. The highest BCUT2D eigenvalue weighted by Crippen LogP contribution is 2.30. The molecule has 0 radical (unpaired) electrons. The lowest BCUT2D eigenvalue weighted by Gasteiger charge is -2.38. The maximum absolute atomic E-state index is 12.8. The molecule has 5 nitrogen and oxygen atoms in total. The van der Waals surface area contributed by atoms with Gasteiger partial charge in [-0.25, -0.2) is 0 Å². The van der Waals surface area contributed by atoms with Gasteiger partial charge in [0.1, 0.15) is 11.7 Å². The van der Waals surface area contributed by atoms with Crippen LogP contribution in [-0.2, 0) is 0 Å². The molecule has 1 aromatic heterocycles. The molecule has 1 aliphatic heterocycles. The molecule has 3 rings (SSSR count). The number of nitriles is 1. The van der Waals surface area contributed by atoms with Crippen LogP contribution in [0.5, 0.6) is 0 Å². The van der Waals surface area contributed by atoms with Crippen LogP contribution in [-0.4, -0.2) is 52.9 Å². The van der Waals surface area contributed by atoms with Crippen molar-refractivity contribution in [3.8, 4) is 6.07 Å². The lowest BCUT2D eigenvalue weighted by atomic mass is 10.0. The number of rotatable bonds is 3. The summed E-state index contributed by atoms with van der Waals surface area (Å²) in [6.07, 6.45) is 0. The molecule has 1 atom stereocenters. The normalized spacial score (nSPS) is 17.0. The van der Waals surface area contributed by atoms with Crippen molar-refractivity contribution in [2.45, 2.75) is 19.9 Å². The third-order valence-corrected chi connectivity index (χ3v) is 5.30. The van der Waals surface area contributed by atoms with Crippen LogP contribution >= 0.6 is 23.2 Å². The second kappa shape index (κ2) is 7.25. The van der Waals surface area contributed by atoms with E-state index in [-0.39, 0.29) is 17.9 Å². The number of aromatic amines is 1. The van der Waals surface area contributed by atoms with Gasteiger partial charge in [-0.1, -0.05) is 37.0 Å². The molecule has 0 bridgehead atoms. The highest BCUT2D eigenvalue weighted by Gasteiger charge is 2.29. The number of H-pyrrole nitrogens is 1. The highest BCUT2D eigenvalue weighted by molar-refractivity contribution is 6.39. The Morgan fingerprint density at radius 2 is 1.92 bits per heavy atom. The molecule has 1 unspecified atom stereocenters. The summed E-state index contributed by atoms with van der Waals surface area (Å²) in [6, 6.07) is 7.58. The number of carbonyl (C=O) groups is 1. The number of piperazine rings is 1. The molecule has 0 spiro atoms. The van der Waals surface area contributed by atoms with Gasteiger partial charge in [0, 0.05) is 42.1 Å². The predicted octanol–water partition coefficient (Wildman–Crippen LogP) is 3.78. The number of amides is 1. The third-order valence-electron chi connectivity index (χ3n) is 4.67. The van der Waals surface area contributed by atoms with Gasteiger partial charge in [0.05, 0.1) is 11.1 Å². The summed E-state index contributed by atoms with van der Waals surface area (Å²) >= 11 is 12.4. The molecule has 1 amide bonds. The number of fused-ring (bicyclic) bond motifs is 1. The summed E-state index contributed by atoms with van der Waals surface area (Å²) < 4.78 is 0. The Morgan fingerprint density at radius 1 is 1.24 bits per heavy atom. The second-order valence-electron chi connectivity index (χ2n) is 6.65. The van der Waals surface area contributed by atoms with E-state index in [0.717, 1.165) is 10.9 Å². The van der Waals surface area contributed by atoms with Gasteiger partial charge in [-0.2, -0.15) is 5.26 Å². The van der Waals surface area contributed by atoms with Gasteiger partial charge in [0.15, 0.2) is 0 Å². The van der Waals surface area contributed by atoms with Crippen molar-refractivity contribution in [2.24, 2.45) is 5.92 Å². The molecule has 1 N–H and O–H groups in total. The van der Waals surface area contributed by atoms with Gasteiger partial charge >= 0.3 is 0 Å². The average Bonchev–Trinajstić information content (AvgIpc) is 2.92. The second-order valence-corrected chi connectivity index (χ2v) is 7.46. The van der Waals surface area contributed by atoms with Crippen LogP contribution in [0.2, 0.25) is 10.0 Å². The van der Waals surface area contributed by atoms with Crippen molar-refractivity contribution in [2.75, 3.05) is 26.2 Å². The summed E-state index contributed by atoms with van der Waals surface area (Å²) in [6.45, 7) is 6.62. The largest absolute Gasteiger partial charge is 0.349 e. The van der Waals surface area contributed by atoms with Crippen molar-refractivity contribution in [1.82, 2.24) is 14.8 Å². The number of nitrogens with one attached hydrogen (secondary N) is 1. The molecule has 132 valence electrons. The third kappa shape index (κ3) is 3.48. The summed E-state index contributed by atoms with van der Waals surface area (Å²) in [4.78, 5) is 19.9. The smallest absolute Gasteiger partial charge is 0.271 e. The van der Waals surface area contributed by atoms with Crippen molar-refractivity contribution in [3.05, 3.63) is 33.9 Å². The first kappa shape index (κ1) is 18.1. The van der Waals surface area contributed by atoms with Gasteiger partial charge in [-0.15, -0.1) is 0 Å². The maximum Gasteiger partial charge on any atom is 0.271 e. The minimum Gasteiger partial charge on any atom is -0.349 e. The Kier molecular flexibility index (Phi) is 5.24. The van der Waals surface area contributed by atoms with E-state index in [0.29, 0.717) is 41.9 Å². The fraction of sp³-hybridized carbons (Fsp3) is 0.444. The number of carbonyl (C=O) groups excluding carboxylic acids is 1. The van der Waals surface area contributed by atoms with E-state index in [9.17, 15) is 10.1 Å². The monoisotopic (exact) mass is 378 g/mol. The average molecular weight is 379 g/mol. The first-order valence-corrected chi connectivity index (χ1v) is 9.07. The van der Waals surface area contributed by atoms with Gasteiger partial charge in [0.25, 0.3) is 5.91 Å². The van der Waals surface area contributed by atoms with Gasteiger partial charge in [0.2, 0.25) is 0 Å². The number of aromatic nitrogens is 1. The lowest BCUT2D eigenvalue weighted by molar-refractivity contribution is 0.0572. The number of hydrogen-bond acceptors (Lipinski definition) is 3. The van der Waals surface area contributed by atoms with Crippen molar-refractivity contribution in [1.29, 1.82) is 5.26 Å². The highest BCUT2D eigenvalue weighted by atomic mass is 35.5. The Hall–Kier alpha value is -1.74. The molecule has 1 saturated heterocycles. The van der Waals surface area contributed by atoms with Crippen molar-refractivity contribution < 1.29 is 4.79 Å². The Labute approximate surface area is 157 Å². The SMILES string of the molecule is CC(C)C(C#N)N1CCN(C(=O)c2[nH]c3ccc(Cl)cc3c2Cl)CC1.